The number of halogens is 6. The first-order valence-electron chi connectivity index (χ1n) is 32.7. The maximum absolute atomic E-state index is 13.0. The third-order valence-electron chi connectivity index (χ3n) is 14.6. The highest BCUT2D eigenvalue weighted by Gasteiger charge is 2.41. The van der Waals surface area contributed by atoms with Crippen molar-refractivity contribution in [2.75, 3.05) is 194 Å². The first kappa shape index (κ1) is 87.9. The summed E-state index contributed by atoms with van der Waals surface area (Å²) >= 11 is 0. The van der Waals surface area contributed by atoms with Gasteiger partial charge in [0.05, 0.1) is 198 Å². The minimum Gasteiger partial charge on any atom is -0.388 e. The van der Waals surface area contributed by atoms with Crippen LogP contribution in [0.25, 0.3) is 0 Å². The van der Waals surface area contributed by atoms with Crippen molar-refractivity contribution in [2.24, 2.45) is 0 Å². The fraction of sp³-hybridized carbons (Fsp3) is 0.656. The molecule has 1 aromatic carbocycles. The van der Waals surface area contributed by atoms with Gasteiger partial charge in [-0.1, -0.05) is 0 Å². The van der Waals surface area contributed by atoms with Crippen LogP contribution in [0.3, 0.4) is 0 Å². The Morgan fingerprint density at radius 2 is 0.914 bits per heavy atom. The fourth-order valence-corrected chi connectivity index (χ4v) is 9.15. The monoisotopic (exact) mass is 1520 g/mol. The predicted octanol–water partition coefficient (Wildman–Crippen LogP) is -1.53. The zero-order valence-corrected chi connectivity index (χ0v) is 56.6. The number of nitro groups is 2. The Bertz CT molecular complexity index is 2970. The molecular weight excluding hydrogens is 1430 g/mol. The number of benzene rings is 1. The highest BCUT2D eigenvalue weighted by atomic mass is 19.4. The van der Waals surface area contributed by atoms with Crippen molar-refractivity contribution in [3.05, 3.63) is 98.6 Å². The Balaban J connectivity index is 0.914. The first-order valence-corrected chi connectivity index (χ1v) is 32.7. The fourth-order valence-electron chi connectivity index (χ4n) is 9.15. The number of nitrogens with zero attached hydrogens (tertiary/aromatic N) is 6. The van der Waals surface area contributed by atoms with Crippen LogP contribution in [-0.2, 0) is 88.3 Å². The highest BCUT2D eigenvalue weighted by Crippen LogP contribution is 2.31. The molecule has 2 unspecified atom stereocenters. The lowest BCUT2D eigenvalue weighted by molar-refractivity contribution is -0.393. The minimum atomic E-state index is -4.71. The van der Waals surface area contributed by atoms with Gasteiger partial charge in [0.15, 0.2) is 0 Å². The van der Waals surface area contributed by atoms with E-state index in [9.17, 15) is 91.6 Å². The number of ether oxygens (including phenoxy) is 13. The molecule has 3 aromatic rings. The molecule has 12 N–H and O–H groups in total. The minimum absolute atomic E-state index is 0.00535. The Morgan fingerprint density at radius 3 is 1.30 bits per heavy atom. The number of anilines is 3. The molecule has 44 heteroatoms. The largest absolute Gasteiger partial charge is 0.433 e. The number of non-ortho nitro benzene ring substituents is 1. The van der Waals surface area contributed by atoms with E-state index in [4.69, 9.17) is 61.6 Å². The Kier molecular flexibility index (Phi) is 40.6. The number of rotatable bonds is 53. The van der Waals surface area contributed by atoms with Crippen LogP contribution in [0.15, 0.2) is 67.0 Å². The number of aromatic nitrogens is 4. The van der Waals surface area contributed by atoms with Crippen LogP contribution in [0.5, 0.6) is 0 Å². The molecule has 0 spiro atoms. The molecular formula is C61H88F6N12O26. The molecule has 2 aliphatic heterocycles. The van der Waals surface area contributed by atoms with Crippen LogP contribution in [0.2, 0.25) is 0 Å². The van der Waals surface area contributed by atoms with Crippen molar-refractivity contribution in [1.29, 1.82) is 0 Å². The molecule has 2 saturated heterocycles. The molecule has 10 atom stereocenters. The molecule has 0 bridgehead atoms. The number of carbonyl (C=O) groups excluding carboxylic acids is 3. The number of carbonyl (C=O) groups is 3. The summed E-state index contributed by atoms with van der Waals surface area (Å²) in [4.78, 5) is 73.4. The summed E-state index contributed by atoms with van der Waals surface area (Å²) in [5.74, 6) is -2.97. The summed E-state index contributed by atoms with van der Waals surface area (Å²) in [6, 6.07) is 1.03. The van der Waals surface area contributed by atoms with Crippen LogP contribution in [0, 0.1) is 20.2 Å². The van der Waals surface area contributed by atoms with Gasteiger partial charge in [-0.2, -0.15) is 26.3 Å². The third-order valence-corrected chi connectivity index (χ3v) is 14.6. The van der Waals surface area contributed by atoms with Gasteiger partial charge in [-0.15, -0.1) is 0 Å². The van der Waals surface area contributed by atoms with Crippen LogP contribution in [0.1, 0.15) is 11.4 Å². The molecule has 3 amide bonds. The van der Waals surface area contributed by atoms with Gasteiger partial charge in [0.2, 0.25) is 29.6 Å². The van der Waals surface area contributed by atoms with Gasteiger partial charge >= 0.3 is 12.4 Å². The summed E-state index contributed by atoms with van der Waals surface area (Å²) < 4.78 is 149. The molecule has 0 aliphatic carbocycles. The van der Waals surface area contributed by atoms with Gasteiger partial charge in [0.1, 0.15) is 60.3 Å². The van der Waals surface area contributed by atoms with Crippen LogP contribution >= 0.6 is 0 Å². The summed E-state index contributed by atoms with van der Waals surface area (Å²) in [5.41, 5.74) is -3.22. The van der Waals surface area contributed by atoms with Crippen LogP contribution < -0.4 is 31.9 Å². The lowest BCUT2D eigenvalue weighted by atomic mass is 9.98. The zero-order chi connectivity index (χ0) is 76.4. The number of hydrogen-bond acceptors (Lipinski definition) is 33. The summed E-state index contributed by atoms with van der Waals surface area (Å²) in [6.07, 6.45) is -14.7. The number of alkyl halides is 6. The van der Waals surface area contributed by atoms with E-state index in [2.05, 4.69) is 51.8 Å². The lowest BCUT2D eigenvalue weighted by Crippen LogP contribution is -2.57. The van der Waals surface area contributed by atoms with Crippen molar-refractivity contribution in [3.63, 3.8) is 0 Å². The summed E-state index contributed by atoms with van der Waals surface area (Å²) in [6.45, 7) is 1.18. The Hall–Kier alpha value is -7.71. The summed E-state index contributed by atoms with van der Waals surface area (Å²) in [5, 5.41) is 102. The Morgan fingerprint density at radius 1 is 0.533 bits per heavy atom. The molecule has 4 heterocycles. The zero-order valence-electron chi connectivity index (χ0n) is 56.6. The van der Waals surface area contributed by atoms with Gasteiger partial charge in [0, 0.05) is 50.2 Å². The molecule has 590 valence electrons. The summed E-state index contributed by atoms with van der Waals surface area (Å²) in [7, 11) is 0. The van der Waals surface area contributed by atoms with E-state index in [0.29, 0.717) is 12.1 Å². The molecule has 2 aromatic heterocycles. The van der Waals surface area contributed by atoms with E-state index in [1.165, 1.54) is 6.07 Å². The number of amides is 3. The van der Waals surface area contributed by atoms with Gasteiger partial charge in [-0.3, -0.25) is 34.6 Å². The van der Waals surface area contributed by atoms with Crippen LogP contribution in [-0.4, -0.2) is 323 Å². The van der Waals surface area contributed by atoms with Crippen molar-refractivity contribution >= 4 is 46.7 Å². The molecule has 0 saturated carbocycles. The molecule has 2 aliphatic rings. The van der Waals surface area contributed by atoms with E-state index in [1.54, 1.807) is 0 Å². The topological polar surface area (TPSA) is 503 Å². The lowest BCUT2D eigenvalue weighted by Gasteiger charge is -2.37. The number of nitrogens with one attached hydrogen (secondary N) is 6. The third kappa shape index (κ3) is 34.6. The number of aliphatic hydroxyl groups is 6. The normalized spacial score (nSPS) is 20.2. The molecule has 5 rings (SSSR count). The van der Waals surface area contributed by atoms with Crippen molar-refractivity contribution < 1.29 is 143 Å². The molecule has 105 heavy (non-hydrogen) atoms. The molecule has 0 radical (unpaired) electrons. The smallest absolute Gasteiger partial charge is 0.388 e. The number of aliphatic hydroxyl groups excluding tert-OH is 6. The quantitative estimate of drug-likeness (QED) is 0.0100. The standard InChI is InChI=1S/C61H88F6N12O26/c62-60(63,64)48-7-9-71-58(75-48)73-41-34-104-46(56(87)54(41)85)36-101-30-27-99-25-23-96-20-18-94-15-12-69-50(82)5-3-44(80)53(77-52(84)38-103-32-29-98-22-17-93-14-11-68-40-2-1-39(78(89)90)33-43(40)79(91)92)45(81)4-6-51(83)70-13-16-95-19-21-97-24-26-100-28-31-102-37-47-57(88)55(86)42(35-105-47)74-59-72-10-8-49(76-59)61(65,66)67/h1-10,33,41-42,44-47,53-57,68,80-81,85-88H,11-32,34-38H2,(H,69,82)(H,70,83)(H,77,84)(H,71,73,75)(H,72,74,76)/t41-,42-,44?,45?,46+,47+,53?,54+,55+,56-,57-/m0/s1. The first-order chi connectivity index (χ1) is 50.3. The second kappa shape index (κ2) is 48.5. The number of hydrogen-bond donors (Lipinski definition) is 12. The van der Waals surface area contributed by atoms with Crippen LogP contribution in [0.4, 0.5) is 55.3 Å². The van der Waals surface area contributed by atoms with E-state index in [1.807, 2.05) is 0 Å². The van der Waals surface area contributed by atoms with Gasteiger partial charge in [-0.05, 0) is 30.4 Å². The van der Waals surface area contributed by atoms with E-state index in [-0.39, 0.29) is 177 Å². The SMILES string of the molecule is O=C(C=CC(O)C(NC(=O)COCCOCCOCCNc1ccc([N+](=O)[O-])cc1[N+](=O)[O-])C(O)C=CC(=O)NCCOCCOCCOCCOC[C@H]1OC[C@H](Nc2nccc(C(F)(F)F)n2)[C@@H](O)[C@H]1O)NCCOCCOCCOCCOC[C@H]1OC[C@H](Nc2nccc(C(F)(F)F)n2)[C@@H](O)[C@H]1O. The van der Waals surface area contributed by atoms with E-state index in [0.717, 1.165) is 48.8 Å². The molecule has 2 fully saturated rings. The van der Waals surface area contributed by atoms with Gasteiger partial charge in [-0.25, -0.2) is 19.9 Å². The van der Waals surface area contributed by atoms with E-state index >= 15 is 0 Å². The number of nitro benzene ring substituents is 2. The van der Waals surface area contributed by atoms with Crippen molar-refractivity contribution in [1.82, 2.24) is 35.9 Å². The van der Waals surface area contributed by atoms with Gasteiger partial charge < -0.3 is 124 Å². The predicted molar refractivity (Wildman–Crippen MR) is 348 cm³/mol. The van der Waals surface area contributed by atoms with Gasteiger partial charge in [0.25, 0.3) is 11.4 Å². The average molecular weight is 1520 g/mol. The maximum Gasteiger partial charge on any atom is 0.433 e. The second-order valence-corrected chi connectivity index (χ2v) is 22.4. The maximum atomic E-state index is 13.0. The average Bonchev–Trinajstić information content (AvgIpc) is 0.826. The Labute approximate surface area is 596 Å². The van der Waals surface area contributed by atoms with Crippen molar-refractivity contribution in [2.45, 2.75) is 79.3 Å². The van der Waals surface area contributed by atoms with Crippen molar-refractivity contribution in [3.8, 4) is 0 Å². The molecule has 38 nitrogen and oxygen atoms in total. The second-order valence-electron chi connectivity index (χ2n) is 22.4. The highest BCUT2D eigenvalue weighted by molar-refractivity contribution is 5.88. The van der Waals surface area contributed by atoms with E-state index < -0.39 is 148 Å².